The van der Waals surface area contributed by atoms with Crippen molar-refractivity contribution in [2.24, 2.45) is 0 Å². The van der Waals surface area contributed by atoms with Crippen LogP contribution in [0.3, 0.4) is 0 Å². The molecular weight excluding hydrogens is 382 g/mol. The highest BCUT2D eigenvalue weighted by Crippen LogP contribution is 2.40. The van der Waals surface area contributed by atoms with E-state index in [1.165, 1.54) is 24.1 Å². The summed E-state index contributed by atoms with van der Waals surface area (Å²) in [5.41, 5.74) is 4.50. The van der Waals surface area contributed by atoms with E-state index in [2.05, 4.69) is 30.0 Å². The lowest BCUT2D eigenvalue weighted by Crippen LogP contribution is -2.31. The summed E-state index contributed by atoms with van der Waals surface area (Å²) in [7, 11) is 0. The van der Waals surface area contributed by atoms with Crippen LogP contribution >= 0.6 is 0 Å². The normalized spacial score (nSPS) is 16.1. The fourth-order valence-electron chi connectivity index (χ4n) is 4.44. The second kappa shape index (κ2) is 7.67. The number of rotatable bonds is 3. The summed E-state index contributed by atoms with van der Waals surface area (Å²) in [6, 6.07) is 12.0. The molecule has 5 rings (SSSR count). The van der Waals surface area contributed by atoms with Crippen LogP contribution in [0.15, 0.2) is 42.5 Å². The van der Waals surface area contributed by atoms with Crippen LogP contribution in [0.2, 0.25) is 0 Å². The average Bonchev–Trinajstić information content (AvgIpc) is 3.17. The highest BCUT2D eigenvalue weighted by Gasteiger charge is 2.30. The number of hydrogen-bond acceptors (Lipinski definition) is 4. The molecule has 1 fully saturated rings. The molecule has 0 spiro atoms. The van der Waals surface area contributed by atoms with E-state index in [1.807, 2.05) is 11.0 Å². The molecule has 2 aromatic carbocycles. The summed E-state index contributed by atoms with van der Waals surface area (Å²) in [4.78, 5) is 13.9. The van der Waals surface area contributed by atoms with Crippen molar-refractivity contribution >= 4 is 17.5 Å². The molecule has 30 heavy (non-hydrogen) atoms. The predicted octanol–water partition coefficient (Wildman–Crippen LogP) is 5.41. The van der Waals surface area contributed by atoms with Gasteiger partial charge in [0.15, 0.2) is 0 Å². The molecule has 0 saturated carbocycles. The van der Waals surface area contributed by atoms with Crippen molar-refractivity contribution in [2.45, 2.75) is 32.6 Å². The zero-order valence-corrected chi connectivity index (χ0v) is 17.0. The Bertz CT molecular complexity index is 1090. The molecule has 3 aromatic rings. The third-order valence-electron chi connectivity index (χ3n) is 5.95. The fourth-order valence-corrected chi connectivity index (χ4v) is 4.44. The van der Waals surface area contributed by atoms with Crippen molar-refractivity contribution < 1.29 is 8.78 Å². The maximum atomic E-state index is 14.6. The van der Waals surface area contributed by atoms with Crippen molar-refractivity contribution in [1.82, 2.24) is 9.97 Å². The lowest BCUT2D eigenvalue weighted by atomic mass is 10.0. The maximum Gasteiger partial charge on any atom is 0.227 e. The van der Waals surface area contributed by atoms with E-state index in [0.29, 0.717) is 18.2 Å². The van der Waals surface area contributed by atoms with Gasteiger partial charge in [0, 0.05) is 36.8 Å². The van der Waals surface area contributed by atoms with Gasteiger partial charge < -0.3 is 9.80 Å². The SMILES string of the molecule is Cc1cccc(-c2nc(N3CCCCC3)nc3c2CCN3c2ccc(F)cc2F)c1. The monoisotopic (exact) mass is 406 g/mol. The first-order chi connectivity index (χ1) is 14.6. The Morgan fingerprint density at radius 3 is 2.50 bits per heavy atom. The van der Waals surface area contributed by atoms with E-state index >= 15 is 0 Å². The molecule has 3 heterocycles. The molecule has 2 aliphatic heterocycles. The van der Waals surface area contributed by atoms with Crippen molar-refractivity contribution in [2.75, 3.05) is 29.4 Å². The first-order valence-corrected chi connectivity index (χ1v) is 10.6. The third-order valence-corrected chi connectivity index (χ3v) is 5.95. The molecular formula is C24H24F2N4. The first-order valence-electron chi connectivity index (χ1n) is 10.6. The smallest absolute Gasteiger partial charge is 0.227 e. The number of halogens is 2. The van der Waals surface area contributed by atoms with Crippen LogP contribution in [0.25, 0.3) is 11.3 Å². The zero-order chi connectivity index (χ0) is 20.7. The highest BCUT2D eigenvalue weighted by molar-refractivity contribution is 5.77. The molecule has 0 aliphatic carbocycles. The Labute approximate surface area is 175 Å². The van der Waals surface area contributed by atoms with Crippen LogP contribution in [0.1, 0.15) is 30.4 Å². The summed E-state index contributed by atoms with van der Waals surface area (Å²) in [6.45, 7) is 4.51. The van der Waals surface area contributed by atoms with Crippen molar-refractivity contribution in [3.05, 3.63) is 65.2 Å². The summed E-state index contributed by atoms with van der Waals surface area (Å²) in [5.74, 6) is 0.276. The quantitative estimate of drug-likeness (QED) is 0.582. The predicted molar refractivity (Wildman–Crippen MR) is 115 cm³/mol. The number of aryl methyl sites for hydroxylation is 1. The van der Waals surface area contributed by atoms with Gasteiger partial charge >= 0.3 is 0 Å². The molecule has 1 aromatic heterocycles. The van der Waals surface area contributed by atoms with E-state index in [0.717, 1.165) is 61.1 Å². The molecule has 0 unspecified atom stereocenters. The Hall–Kier alpha value is -3.02. The Morgan fingerprint density at radius 2 is 1.73 bits per heavy atom. The van der Waals surface area contributed by atoms with E-state index in [4.69, 9.17) is 9.97 Å². The Morgan fingerprint density at radius 1 is 0.900 bits per heavy atom. The van der Waals surface area contributed by atoms with Gasteiger partial charge in [-0.05, 0) is 50.8 Å². The minimum Gasteiger partial charge on any atom is -0.341 e. The number of anilines is 3. The van der Waals surface area contributed by atoms with Crippen LogP contribution < -0.4 is 9.80 Å². The lowest BCUT2D eigenvalue weighted by Gasteiger charge is -2.28. The van der Waals surface area contributed by atoms with Gasteiger partial charge in [-0.1, -0.05) is 23.8 Å². The van der Waals surface area contributed by atoms with Gasteiger partial charge in [-0.3, -0.25) is 0 Å². The second-order valence-corrected chi connectivity index (χ2v) is 8.09. The number of nitrogens with zero attached hydrogens (tertiary/aromatic N) is 4. The lowest BCUT2D eigenvalue weighted by molar-refractivity contribution is 0.568. The van der Waals surface area contributed by atoms with Gasteiger partial charge in [0.25, 0.3) is 0 Å². The van der Waals surface area contributed by atoms with E-state index < -0.39 is 11.6 Å². The van der Waals surface area contributed by atoms with Gasteiger partial charge in [-0.2, -0.15) is 4.98 Å². The van der Waals surface area contributed by atoms with Gasteiger partial charge in [-0.15, -0.1) is 0 Å². The topological polar surface area (TPSA) is 32.3 Å². The van der Waals surface area contributed by atoms with Gasteiger partial charge in [0.2, 0.25) is 5.95 Å². The van der Waals surface area contributed by atoms with E-state index in [1.54, 1.807) is 0 Å². The van der Waals surface area contributed by atoms with Gasteiger partial charge in [0.05, 0.1) is 11.4 Å². The minimum atomic E-state index is -0.576. The van der Waals surface area contributed by atoms with Crippen molar-refractivity contribution in [1.29, 1.82) is 0 Å². The standard InChI is InChI=1S/C24H24F2N4/c1-16-6-5-7-17(14-16)22-19-10-13-30(21-9-8-18(25)15-20(21)26)23(19)28-24(27-22)29-11-3-2-4-12-29/h5-9,14-15H,2-4,10-13H2,1H3. The van der Waals surface area contributed by atoms with E-state index in [9.17, 15) is 8.78 Å². The van der Waals surface area contributed by atoms with Crippen molar-refractivity contribution in [3.63, 3.8) is 0 Å². The van der Waals surface area contributed by atoms with Gasteiger partial charge in [0.1, 0.15) is 17.5 Å². The molecule has 2 aliphatic rings. The molecule has 1 saturated heterocycles. The molecule has 0 bridgehead atoms. The molecule has 0 N–H and O–H groups in total. The Kier molecular flexibility index (Phi) is 4.85. The minimum absolute atomic E-state index is 0.355. The first kappa shape index (κ1) is 19.0. The zero-order valence-electron chi connectivity index (χ0n) is 17.0. The summed E-state index contributed by atoms with van der Waals surface area (Å²) in [6.07, 6.45) is 4.18. The fraction of sp³-hybridized carbons (Fsp3) is 0.333. The van der Waals surface area contributed by atoms with Gasteiger partial charge in [-0.25, -0.2) is 13.8 Å². The molecule has 0 radical (unpaired) electrons. The number of hydrogen-bond donors (Lipinski definition) is 0. The number of fused-ring (bicyclic) bond motifs is 1. The number of aromatic nitrogens is 2. The van der Waals surface area contributed by atoms with Crippen LogP contribution in [0, 0.1) is 18.6 Å². The molecule has 0 amide bonds. The largest absolute Gasteiger partial charge is 0.341 e. The Balaban J connectivity index is 1.66. The number of piperidine rings is 1. The van der Waals surface area contributed by atoms with Crippen LogP contribution in [0.4, 0.5) is 26.2 Å². The van der Waals surface area contributed by atoms with Crippen LogP contribution in [-0.4, -0.2) is 29.6 Å². The second-order valence-electron chi connectivity index (χ2n) is 8.09. The highest BCUT2D eigenvalue weighted by atomic mass is 19.1. The molecule has 6 heteroatoms. The summed E-state index contributed by atoms with van der Waals surface area (Å²) >= 11 is 0. The molecule has 4 nitrogen and oxygen atoms in total. The van der Waals surface area contributed by atoms with Crippen molar-refractivity contribution in [3.8, 4) is 11.3 Å². The van der Waals surface area contributed by atoms with Crippen LogP contribution in [-0.2, 0) is 6.42 Å². The number of benzene rings is 2. The summed E-state index contributed by atoms with van der Waals surface area (Å²) in [5, 5.41) is 0. The summed E-state index contributed by atoms with van der Waals surface area (Å²) < 4.78 is 28.1. The molecule has 154 valence electrons. The maximum absolute atomic E-state index is 14.6. The van der Waals surface area contributed by atoms with E-state index in [-0.39, 0.29) is 0 Å². The molecule has 0 atom stereocenters. The third kappa shape index (κ3) is 3.40. The van der Waals surface area contributed by atoms with Crippen LogP contribution in [0.5, 0.6) is 0 Å². The average molecular weight is 406 g/mol.